The third-order valence-electron chi connectivity index (χ3n) is 2.53. The van der Waals surface area contributed by atoms with Gasteiger partial charge in [-0.1, -0.05) is 17.7 Å². The summed E-state index contributed by atoms with van der Waals surface area (Å²) in [5, 5.41) is 0.535. The van der Waals surface area contributed by atoms with Gasteiger partial charge in [-0.2, -0.15) is 0 Å². The van der Waals surface area contributed by atoms with Gasteiger partial charge in [-0.15, -0.1) is 6.58 Å². The highest BCUT2D eigenvalue weighted by molar-refractivity contribution is 9.10. The van der Waals surface area contributed by atoms with Crippen molar-refractivity contribution < 1.29 is 4.79 Å². The molecule has 0 heterocycles. The standard InChI is InChI=1S/C14H17BrClNO/c1-5-8-17(14(2,3)4)13(18)10-6-7-11(15)12(16)9-10/h5-7,9H,1,8H2,2-4H3. The van der Waals surface area contributed by atoms with Crippen LogP contribution in [-0.2, 0) is 0 Å². The Morgan fingerprint density at radius 2 is 2.11 bits per heavy atom. The number of carbonyl (C=O) groups is 1. The van der Waals surface area contributed by atoms with E-state index in [1.165, 1.54) is 0 Å². The van der Waals surface area contributed by atoms with Crippen LogP contribution in [0.5, 0.6) is 0 Å². The third kappa shape index (κ3) is 3.59. The van der Waals surface area contributed by atoms with Crippen LogP contribution in [0.1, 0.15) is 31.1 Å². The van der Waals surface area contributed by atoms with Crippen LogP contribution in [0, 0.1) is 0 Å². The second kappa shape index (κ2) is 5.89. The van der Waals surface area contributed by atoms with Crippen LogP contribution < -0.4 is 0 Å². The lowest BCUT2D eigenvalue weighted by molar-refractivity contribution is 0.0616. The van der Waals surface area contributed by atoms with Crippen LogP contribution in [0.2, 0.25) is 5.02 Å². The Morgan fingerprint density at radius 3 is 2.56 bits per heavy atom. The molecule has 0 saturated carbocycles. The van der Waals surface area contributed by atoms with E-state index in [-0.39, 0.29) is 11.4 Å². The van der Waals surface area contributed by atoms with Crippen molar-refractivity contribution in [3.63, 3.8) is 0 Å². The molecule has 98 valence electrons. The molecule has 0 fully saturated rings. The van der Waals surface area contributed by atoms with Crippen molar-refractivity contribution in [3.05, 3.63) is 45.9 Å². The van der Waals surface area contributed by atoms with Gasteiger partial charge in [0.2, 0.25) is 0 Å². The average molecular weight is 331 g/mol. The summed E-state index contributed by atoms with van der Waals surface area (Å²) in [6, 6.07) is 5.22. The van der Waals surface area contributed by atoms with Gasteiger partial charge in [0.15, 0.2) is 0 Å². The number of nitrogens with zero attached hydrogens (tertiary/aromatic N) is 1. The molecule has 0 aliphatic rings. The predicted molar refractivity (Wildman–Crippen MR) is 80.1 cm³/mol. The van der Waals surface area contributed by atoms with Gasteiger partial charge >= 0.3 is 0 Å². The van der Waals surface area contributed by atoms with E-state index in [2.05, 4.69) is 22.5 Å². The zero-order valence-electron chi connectivity index (χ0n) is 10.8. The van der Waals surface area contributed by atoms with Crippen LogP contribution >= 0.6 is 27.5 Å². The van der Waals surface area contributed by atoms with Gasteiger partial charge < -0.3 is 4.90 Å². The molecule has 18 heavy (non-hydrogen) atoms. The summed E-state index contributed by atoms with van der Waals surface area (Å²) < 4.78 is 0.784. The number of carbonyl (C=O) groups excluding carboxylic acids is 1. The maximum atomic E-state index is 12.4. The molecule has 0 aliphatic carbocycles. The largest absolute Gasteiger partial charge is 0.330 e. The number of rotatable bonds is 3. The molecule has 2 nitrogen and oxygen atoms in total. The second-order valence-electron chi connectivity index (χ2n) is 5.00. The van der Waals surface area contributed by atoms with E-state index in [1.807, 2.05) is 20.8 Å². The molecule has 0 spiro atoms. The SMILES string of the molecule is C=CCN(C(=O)c1ccc(Br)c(Cl)c1)C(C)(C)C. The molecule has 0 aliphatic heterocycles. The lowest BCUT2D eigenvalue weighted by Crippen LogP contribution is -2.45. The highest BCUT2D eigenvalue weighted by Crippen LogP contribution is 2.25. The zero-order valence-corrected chi connectivity index (χ0v) is 13.2. The van der Waals surface area contributed by atoms with E-state index in [1.54, 1.807) is 29.2 Å². The van der Waals surface area contributed by atoms with Crippen LogP contribution in [0.4, 0.5) is 0 Å². The highest BCUT2D eigenvalue weighted by atomic mass is 79.9. The Bertz CT molecular complexity index is 465. The number of halogens is 2. The first kappa shape index (κ1) is 15.3. The minimum Gasteiger partial charge on any atom is -0.330 e. The van der Waals surface area contributed by atoms with Crippen molar-refractivity contribution >= 4 is 33.4 Å². The van der Waals surface area contributed by atoms with Crippen LogP contribution in [0.15, 0.2) is 35.3 Å². The summed E-state index contributed by atoms with van der Waals surface area (Å²) in [5.41, 5.74) is 0.324. The molecular formula is C14H17BrClNO. The van der Waals surface area contributed by atoms with Gasteiger partial charge in [-0.3, -0.25) is 4.79 Å². The molecule has 1 aromatic rings. The lowest BCUT2D eigenvalue weighted by atomic mass is 10.0. The maximum absolute atomic E-state index is 12.4. The monoisotopic (exact) mass is 329 g/mol. The summed E-state index contributed by atoms with van der Waals surface area (Å²) in [4.78, 5) is 14.2. The number of hydrogen-bond acceptors (Lipinski definition) is 1. The fraction of sp³-hybridized carbons (Fsp3) is 0.357. The van der Waals surface area contributed by atoms with Crippen molar-refractivity contribution in [2.75, 3.05) is 6.54 Å². The number of benzene rings is 1. The molecule has 1 rings (SSSR count). The fourth-order valence-electron chi connectivity index (χ4n) is 1.58. The van der Waals surface area contributed by atoms with E-state index in [4.69, 9.17) is 11.6 Å². The molecule has 1 amide bonds. The van der Waals surface area contributed by atoms with Gasteiger partial charge in [0.25, 0.3) is 5.91 Å². The van der Waals surface area contributed by atoms with Crippen molar-refractivity contribution in [3.8, 4) is 0 Å². The summed E-state index contributed by atoms with van der Waals surface area (Å²) in [7, 11) is 0. The number of amides is 1. The van der Waals surface area contributed by atoms with Crippen molar-refractivity contribution in [2.24, 2.45) is 0 Å². The molecule has 0 radical (unpaired) electrons. The molecule has 1 aromatic carbocycles. The van der Waals surface area contributed by atoms with Crippen molar-refractivity contribution in [2.45, 2.75) is 26.3 Å². The van der Waals surface area contributed by atoms with Gasteiger partial charge in [-0.05, 0) is 54.9 Å². The topological polar surface area (TPSA) is 20.3 Å². The normalized spacial score (nSPS) is 11.2. The predicted octanol–water partition coefficient (Wildman–Crippen LogP) is 4.53. The van der Waals surface area contributed by atoms with Gasteiger partial charge in [0, 0.05) is 22.1 Å². The molecule has 4 heteroatoms. The summed E-state index contributed by atoms with van der Waals surface area (Å²) in [6.45, 7) is 10.2. The molecule has 0 N–H and O–H groups in total. The van der Waals surface area contributed by atoms with E-state index < -0.39 is 0 Å². The molecule has 0 aromatic heterocycles. The highest BCUT2D eigenvalue weighted by Gasteiger charge is 2.26. The van der Waals surface area contributed by atoms with Crippen LogP contribution in [0.25, 0.3) is 0 Å². The van der Waals surface area contributed by atoms with Crippen molar-refractivity contribution in [1.82, 2.24) is 4.90 Å². The molecule has 0 saturated heterocycles. The zero-order chi connectivity index (χ0) is 13.9. The van der Waals surface area contributed by atoms with Crippen molar-refractivity contribution in [1.29, 1.82) is 0 Å². The van der Waals surface area contributed by atoms with Gasteiger partial charge in [-0.25, -0.2) is 0 Å². The average Bonchev–Trinajstić information content (AvgIpc) is 2.27. The fourth-order valence-corrected chi connectivity index (χ4v) is 2.00. The Balaban J connectivity index is 3.09. The quantitative estimate of drug-likeness (QED) is 0.746. The first-order chi connectivity index (χ1) is 8.27. The molecule has 0 unspecified atom stereocenters. The van der Waals surface area contributed by atoms with Gasteiger partial charge in [0.05, 0.1) is 5.02 Å². The summed E-state index contributed by atoms with van der Waals surface area (Å²) >= 11 is 9.33. The summed E-state index contributed by atoms with van der Waals surface area (Å²) in [5.74, 6) is -0.0446. The Hall–Kier alpha value is -0.800. The smallest absolute Gasteiger partial charge is 0.254 e. The first-order valence-electron chi connectivity index (χ1n) is 5.65. The molecular weight excluding hydrogens is 314 g/mol. The second-order valence-corrected chi connectivity index (χ2v) is 6.27. The lowest BCUT2D eigenvalue weighted by Gasteiger charge is -2.35. The van der Waals surface area contributed by atoms with E-state index >= 15 is 0 Å². The third-order valence-corrected chi connectivity index (χ3v) is 3.77. The maximum Gasteiger partial charge on any atom is 0.254 e. The molecule has 0 bridgehead atoms. The Kier molecular flexibility index (Phi) is 5.00. The minimum absolute atomic E-state index is 0.0446. The van der Waals surface area contributed by atoms with E-state index in [9.17, 15) is 4.79 Å². The van der Waals surface area contributed by atoms with E-state index in [0.717, 1.165) is 4.47 Å². The Labute approximate surface area is 122 Å². The number of hydrogen-bond donors (Lipinski definition) is 0. The summed E-state index contributed by atoms with van der Waals surface area (Å²) in [6.07, 6.45) is 1.73. The van der Waals surface area contributed by atoms with Crippen LogP contribution in [0.3, 0.4) is 0 Å². The van der Waals surface area contributed by atoms with Crippen LogP contribution in [-0.4, -0.2) is 22.9 Å². The van der Waals surface area contributed by atoms with Gasteiger partial charge in [0.1, 0.15) is 0 Å². The minimum atomic E-state index is -0.259. The first-order valence-corrected chi connectivity index (χ1v) is 6.82. The van der Waals surface area contributed by atoms with E-state index in [0.29, 0.717) is 17.1 Å². The molecule has 0 atom stereocenters. The Morgan fingerprint density at radius 1 is 1.50 bits per heavy atom.